The minimum Gasteiger partial charge on any atom is -0.481 e. The van der Waals surface area contributed by atoms with Crippen molar-refractivity contribution < 1.29 is 19.1 Å². The minimum absolute atomic E-state index is 0.183. The van der Waals surface area contributed by atoms with Gasteiger partial charge in [0.1, 0.15) is 11.4 Å². The van der Waals surface area contributed by atoms with Crippen LogP contribution >= 0.6 is 0 Å². The SMILES string of the molecule is Cc1cc(OC(C)C(=O)NCCCNC(=O)OC(C)(C)C)ccc1C(C)C. The van der Waals surface area contributed by atoms with E-state index in [0.29, 0.717) is 31.2 Å². The van der Waals surface area contributed by atoms with Gasteiger partial charge in [-0.15, -0.1) is 0 Å². The van der Waals surface area contributed by atoms with Crippen LogP contribution in [0.15, 0.2) is 18.2 Å². The lowest BCUT2D eigenvalue weighted by Crippen LogP contribution is -2.38. The number of amides is 2. The average molecular weight is 379 g/mol. The van der Waals surface area contributed by atoms with Crippen LogP contribution in [0.25, 0.3) is 0 Å². The van der Waals surface area contributed by atoms with Crippen LogP contribution < -0.4 is 15.4 Å². The molecule has 0 aromatic heterocycles. The maximum atomic E-state index is 12.1. The van der Waals surface area contributed by atoms with Gasteiger partial charge in [-0.2, -0.15) is 0 Å². The Morgan fingerprint density at radius 3 is 2.26 bits per heavy atom. The van der Waals surface area contributed by atoms with Gasteiger partial charge in [0.2, 0.25) is 0 Å². The number of carbonyl (C=O) groups is 2. The molecule has 0 heterocycles. The van der Waals surface area contributed by atoms with E-state index in [2.05, 4.69) is 24.5 Å². The van der Waals surface area contributed by atoms with Crippen LogP contribution in [0.5, 0.6) is 5.75 Å². The van der Waals surface area contributed by atoms with E-state index in [1.165, 1.54) is 5.56 Å². The van der Waals surface area contributed by atoms with E-state index in [1.54, 1.807) is 6.92 Å². The molecular formula is C21H34N2O4. The van der Waals surface area contributed by atoms with Gasteiger partial charge < -0.3 is 20.1 Å². The topological polar surface area (TPSA) is 76.7 Å². The Morgan fingerprint density at radius 1 is 1.07 bits per heavy atom. The molecule has 27 heavy (non-hydrogen) atoms. The zero-order valence-corrected chi connectivity index (χ0v) is 17.6. The van der Waals surface area contributed by atoms with Crippen molar-refractivity contribution in [2.24, 2.45) is 0 Å². The van der Waals surface area contributed by atoms with Gasteiger partial charge in [-0.1, -0.05) is 19.9 Å². The molecule has 1 rings (SSSR count). The van der Waals surface area contributed by atoms with E-state index < -0.39 is 17.8 Å². The van der Waals surface area contributed by atoms with Crippen molar-refractivity contribution in [2.45, 2.75) is 72.5 Å². The number of alkyl carbamates (subject to hydrolysis) is 1. The van der Waals surface area contributed by atoms with E-state index in [1.807, 2.05) is 45.9 Å². The van der Waals surface area contributed by atoms with E-state index in [9.17, 15) is 9.59 Å². The second kappa shape index (κ2) is 10.2. The molecule has 1 aromatic carbocycles. The summed E-state index contributed by atoms with van der Waals surface area (Å²) < 4.78 is 10.9. The van der Waals surface area contributed by atoms with Gasteiger partial charge >= 0.3 is 6.09 Å². The Labute approximate surface area is 163 Å². The Hall–Kier alpha value is -2.24. The molecule has 0 saturated heterocycles. The predicted molar refractivity (Wildman–Crippen MR) is 107 cm³/mol. The summed E-state index contributed by atoms with van der Waals surface area (Å²) in [4.78, 5) is 23.7. The van der Waals surface area contributed by atoms with E-state index in [4.69, 9.17) is 9.47 Å². The zero-order valence-electron chi connectivity index (χ0n) is 17.6. The summed E-state index contributed by atoms with van der Waals surface area (Å²) in [6.45, 7) is 14.4. The molecule has 6 nitrogen and oxygen atoms in total. The molecule has 0 bridgehead atoms. The van der Waals surface area contributed by atoms with E-state index >= 15 is 0 Å². The van der Waals surface area contributed by atoms with Crippen molar-refractivity contribution in [3.63, 3.8) is 0 Å². The zero-order chi connectivity index (χ0) is 20.6. The molecular weight excluding hydrogens is 344 g/mol. The summed E-state index contributed by atoms with van der Waals surface area (Å²) in [6, 6.07) is 5.91. The molecule has 0 aliphatic carbocycles. The van der Waals surface area contributed by atoms with E-state index in [-0.39, 0.29) is 5.91 Å². The monoisotopic (exact) mass is 378 g/mol. The number of carbonyl (C=O) groups excluding carboxylic acids is 2. The smallest absolute Gasteiger partial charge is 0.407 e. The summed E-state index contributed by atoms with van der Waals surface area (Å²) in [5.74, 6) is 0.957. The number of nitrogens with one attached hydrogen (secondary N) is 2. The highest BCUT2D eigenvalue weighted by atomic mass is 16.6. The predicted octanol–water partition coefficient (Wildman–Crippen LogP) is 3.92. The normalized spacial score (nSPS) is 12.4. The van der Waals surface area contributed by atoms with Crippen molar-refractivity contribution in [3.8, 4) is 5.75 Å². The Kier molecular flexibility index (Phi) is 8.60. The Balaban J connectivity index is 2.33. The molecule has 0 fully saturated rings. The van der Waals surface area contributed by atoms with Gasteiger partial charge in [-0.05, 0) is 70.2 Å². The fraction of sp³-hybridized carbons (Fsp3) is 0.619. The lowest BCUT2D eigenvalue weighted by molar-refractivity contribution is -0.127. The molecule has 2 N–H and O–H groups in total. The van der Waals surface area contributed by atoms with Crippen LogP contribution in [-0.4, -0.2) is 36.8 Å². The van der Waals surface area contributed by atoms with Gasteiger partial charge in [0.25, 0.3) is 5.91 Å². The Morgan fingerprint density at radius 2 is 1.70 bits per heavy atom. The third-order valence-corrected chi connectivity index (χ3v) is 3.87. The molecule has 2 amide bonds. The van der Waals surface area contributed by atoms with Crippen LogP contribution in [0.2, 0.25) is 0 Å². The maximum absolute atomic E-state index is 12.1. The van der Waals surface area contributed by atoms with Gasteiger partial charge in [0.05, 0.1) is 0 Å². The minimum atomic E-state index is -0.590. The maximum Gasteiger partial charge on any atom is 0.407 e. The van der Waals surface area contributed by atoms with Gasteiger partial charge in [0.15, 0.2) is 6.10 Å². The number of aryl methyl sites for hydroxylation is 1. The fourth-order valence-corrected chi connectivity index (χ4v) is 2.58. The number of ether oxygens (including phenoxy) is 2. The Bertz CT molecular complexity index is 636. The molecule has 6 heteroatoms. The lowest BCUT2D eigenvalue weighted by atomic mass is 9.98. The second-order valence-corrected chi connectivity index (χ2v) is 8.01. The van der Waals surface area contributed by atoms with Gasteiger partial charge in [-0.3, -0.25) is 4.79 Å². The molecule has 1 unspecified atom stereocenters. The number of benzene rings is 1. The number of hydrogen-bond acceptors (Lipinski definition) is 4. The van der Waals surface area contributed by atoms with Crippen molar-refractivity contribution in [3.05, 3.63) is 29.3 Å². The molecule has 0 radical (unpaired) electrons. The summed E-state index contributed by atoms with van der Waals surface area (Å²) in [5, 5.41) is 5.47. The quantitative estimate of drug-likeness (QED) is 0.672. The third-order valence-electron chi connectivity index (χ3n) is 3.87. The van der Waals surface area contributed by atoms with Crippen LogP contribution in [0.3, 0.4) is 0 Å². The third kappa shape index (κ3) is 8.80. The first-order valence-electron chi connectivity index (χ1n) is 9.51. The van der Waals surface area contributed by atoms with Gasteiger partial charge in [0, 0.05) is 13.1 Å². The van der Waals surface area contributed by atoms with Crippen molar-refractivity contribution >= 4 is 12.0 Å². The summed E-state index contributed by atoms with van der Waals surface area (Å²) >= 11 is 0. The largest absolute Gasteiger partial charge is 0.481 e. The fourth-order valence-electron chi connectivity index (χ4n) is 2.58. The first kappa shape index (κ1) is 22.8. The summed E-state index contributed by atoms with van der Waals surface area (Å²) in [6.07, 6.45) is -0.432. The average Bonchev–Trinajstić information content (AvgIpc) is 2.52. The highest BCUT2D eigenvalue weighted by Gasteiger charge is 2.16. The molecule has 0 aliphatic heterocycles. The molecule has 1 aromatic rings. The molecule has 0 spiro atoms. The first-order valence-corrected chi connectivity index (χ1v) is 9.51. The number of rotatable bonds is 8. The highest BCUT2D eigenvalue weighted by Crippen LogP contribution is 2.24. The van der Waals surface area contributed by atoms with Gasteiger partial charge in [-0.25, -0.2) is 4.79 Å². The number of hydrogen-bond donors (Lipinski definition) is 2. The van der Waals surface area contributed by atoms with Crippen molar-refractivity contribution in [1.29, 1.82) is 0 Å². The second-order valence-electron chi connectivity index (χ2n) is 8.01. The van der Waals surface area contributed by atoms with Crippen LogP contribution in [0, 0.1) is 6.92 Å². The summed E-state index contributed by atoms with van der Waals surface area (Å²) in [7, 11) is 0. The van der Waals surface area contributed by atoms with Crippen LogP contribution in [0.1, 0.15) is 65.0 Å². The molecule has 1 atom stereocenters. The molecule has 0 aliphatic rings. The van der Waals surface area contributed by atoms with E-state index in [0.717, 1.165) is 5.56 Å². The molecule has 0 saturated carbocycles. The molecule has 152 valence electrons. The highest BCUT2D eigenvalue weighted by molar-refractivity contribution is 5.80. The summed E-state index contributed by atoms with van der Waals surface area (Å²) in [5.41, 5.74) is 1.91. The van der Waals surface area contributed by atoms with Crippen molar-refractivity contribution in [2.75, 3.05) is 13.1 Å². The van der Waals surface area contributed by atoms with Crippen LogP contribution in [-0.2, 0) is 9.53 Å². The van der Waals surface area contributed by atoms with Crippen LogP contribution in [0.4, 0.5) is 4.79 Å². The first-order chi connectivity index (χ1) is 12.5. The van der Waals surface area contributed by atoms with Crippen molar-refractivity contribution in [1.82, 2.24) is 10.6 Å². The lowest BCUT2D eigenvalue weighted by Gasteiger charge is -2.19. The standard InChI is InChI=1S/C21H34N2O4/c1-14(2)18-10-9-17(13-15(18)3)26-16(4)19(24)22-11-8-12-23-20(25)27-21(5,6)7/h9-10,13-14,16H,8,11-12H2,1-7H3,(H,22,24)(H,23,25).